The summed E-state index contributed by atoms with van der Waals surface area (Å²) in [4.78, 5) is 38.2. The van der Waals surface area contributed by atoms with E-state index >= 15 is 0 Å². The molecule has 5 rings (SSSR count). The lowest BCUT2D eigenvalue weighted by atomic mass is 9.84. The Hall–Kier alpha value is -4.29. The smallest absolute Gasteiger partial charge is 0.310 e. The molecule has 1 amide bonds. The number of hydrogen-bond donors (Lipinski definition) is 1. The molecule has 38 heavy (non-hydrogen) atoms. The average molecular weight is 530 g/mol. The number of anilines is 1. The van der Waals surface area contributed by atoms with Crippen molar-refractivity contribution in [3.63, 3.8) is 0 Å². The summed E-state index contributed by atoms with van der Waals surface area (Å²) in [5.41, 5.74) is -1.21. The standard InChI is InChI=1S/C25H19F5N6O2/c1-24(2)17-19(16(37)7-8-25(28,29)30)32-21(33-20(17)34-23(24)38)18-14-9-13(26)10-31-22(14)36(35-18)11-12-5-3-4-6-15(12)27/h3-6,9-10H,7-8,11H2,1-2H3,(H,32,33,34,38). The van der Waals surface area contributed by atoms with E-state index in [-0.39, 0.29) is 51.7 Å². The summed E-state index contributed by atoms with van der Waals surface area (Å²) in [6.45, 7) is 2.90. The number of carbonyl (C=O) groups is 2. The second-order valence-corrected chi connectivity index (χ2v) is 9.36. The van der Waals surface area contributed by atoms with Gasteiger partial charge in [-0.1, -0.05) is 18.2 Å². The Morgan fingerprint density at radius 3 is 2.58 bits per heavy atom. The van der Waals surface area contributed by atoms with E-state index in [4.69, 9.17) is 0 Å². The predicted molar refractivity (Wildman–Crippen MR) is 125 cm³/mol. The molecule has 0 fully saturated rings. The van der Waals surface area contributed by atoms with Crippen LogP contribution in [0.2, 0.25) is 0 Å². The minimum absolute atomic E-state index is 0.0463. The van der Waals surface area contributed by atoms with Crippen LogP contribution in [0.1, 0.15) is 48.3 Å². The maximum atomic E-state index is 14.3. The Kier molecular flexibility index (Phi) is 5.96. The van der Waals surface area contributed by atoms with E-state index in [1.807, 2.05) is 0 Å². The van der Waals surface area contributed by atoms with Gasteiger partial charge in [-0.05, 0) is 26.0 Å². The van der Waals surface area contributed by atoms with Crippen molar-refractivity contribution in [1.82, 2.24) is 24.7 Å². The average Bonchev–Trinajstić information content (AvgIpc) is 3.31. The summed E-state index contributed by atoms with van der Waals surface area (Å²) in [6, 6.07) is 7.05. The Labute approximate surface area is 211 Å². The van der Waals surface area contributed by atoms with Crippen molar-refractivity contribution in [1.29, 1.82) is 0 Å². The molecule has 0 bridgehead atoms. The van der Waals surface area contributed by atoms with Crippen molar-refractivity contribution in [2.24, 2.45) is 0 Å². The second kappa shape index (κ2) is 8.92. The number of pyridine rings is 1. The SMILES string of the molecule is CC1(C)C(=O)Nc2nc(-c3nn(Cc4ccccc4F)c4ncc(F)cc34)nc(C(=O)CCC(F)(F)F)c21. The molecule has 1 aliphatic heterocycles. The van der Waals surface area contributed by atoms with Crippen LogP contribution in [0.25, 0.3) is 22.6 Å². The van der Waals surface area contributed by atoms with Crippen LogP contribution in [-0.2, 0) is 16.8 Å². The molecule has 0 unspecified atom stereocenters. The summed E-state index contributed by atoms with van der Waals surface area (Å²) in [7, 11) is 0. The maximum Gasteiger partial charge on any atom is 0.389 e. The van der Waals surface area contributed by atoms with Gasteiger partial charge in [0.1, 0.15) is 28.8 Å². The topological polar surface area (TPSA) is 103 Å². The number of Topliss-reactive ketones (excluding diaryl/α,β-unsaturated/α-hetero) is 1. The lowest BCUT2D eigenvalue weighted by molar-refractivity contribution is -0.133. The maximum absolute atomic E-state index is 14.3. The first-order valence-electron chi connectivity index (χ1n) is 11.4. The molecule has 0 aliphatic carbocycles. The normalized spacial score (nSPS) is 14.6. The number of ketones is 1. The molecule has 196 valence electrons. The van der Waals surface area contributed by atoms with Crippen LogP contribution in [-0.4, -0.2) is 42.6 Å². The highest BCUT2D eigenvalue weighted by atomic mass is 19.4. The summed E-state index contributed by atoms with van der Waals surface area (Å²) in [5.74, 6) is -2.97. The van der Waals surface area contributed by atoms with Crippen LogP contribution < -0.4 is 5.32 Å². The van der Waals surface area contributed by atoms with E-state index in [9.17, 15) is 31.5 Å². The van der Waals surface area contributed by atoms with Gasteiger partial charge in [-0.2, -0.15) is 18.3 Å². The monoisotopic (exact) mass is 530 g/mol. The van der Waals surface area contributed by atoms with Crippen molar-refractivity contribution in [2.45, 2.75) is 44.8 Å². The molecular formula is C25H19F5N6O2. The van der Waals surface area contributed by atoms with E-state index in [1.165, 1.54) is 36.7 Å². The van der Waals surface area contributed by atoms with Gasteiger partial charge < -0.3 is 5.32 Å². The first-order valence-corrected chi connectivity index (χ1v) is 11.4. The molecule has 1 N–H and O–H groups in total. The van der Waals surface area contributed by atoms with Crippen molar-refractivity contribution >= 4 is 28.5 Å². The molecule has 0 saturated carbocycles. The van der Waals surface area contributed by atoms with Gasteiger partial charge in [0.15, 0.2) is 17.3 Å². The highest BCUT2D eigenvalue weighted by Gasteiger charge is 2.44. The van der Waals surface area contributed by atoms with Crippen LogP contribution in [0.5, 0.6) is 0 Å². The first kappa shape index (κ1) is 25.4. The molecule has 0 spiro atoms. The lowest BCUT2D eigenvalue weighted by Crippen LogP contribution is -2.29. The van der Waals surface area contributed by atoms with Gasteiger partial charge in [-0.15, -0.1) is 0 Å². The van der Waals surface area contributed by atoms with Crippen molar-refractivity contribution < 1.29 is 31.5 Å². The second-order valence-electron chi connectivity index (χ2n) is 9.36. The van der Waals surface area contributed by atoms with Gasteiger partial charge in [0, 0.05) is 17.5 Å². The number of alkyl halides is 3. The number of nitrogens with zero attached hydrogens (tertiary/aromatic N) is 5. The molecule has 4 heterocycles. The summed E-state index contributed by atoms with van der Waals surface area (Å²) in [5, 5.41) is 7.06. The number of amides is 1. The van der Waals surface area contributed by atoms with Crippen molar-refractivity contribution in [3.8, 4) is 11.5 Å². The molecule has 4 aromatic rings. The first-order chi connectivity index (χ1) is 17.8. The van der Waals surface area contributed by atoms with E-state index in [0.717, 1.165) is 12.3 Å². The number of aromatic nitrogens is 5. The van der Waals surface area contributed by atoms with E-state index in [2.05, 4.69) is 25.4 Å². The molecule has 3 aromatic heterocycles. The molecular weight excluding hydrogens is 511 g/mol. The predicted octanol–water partition coefficient (Wildman–Crippen LogP) is 4.97. The van der Waals surface area contributed by atoms with Gasteiger partial charge >= 0.3 is 6.18 Å². The zero-order valence-electron chi connectivity index (χ0n) is 20.0. The molecule has 0 saturated heterocycles. The summed E-state index contributed by atoms with van der Waals surface area (Å²) < 4.78 is 68.4. The van der Waals surface area contributed by atoms with E-state index < -0.39 is 47.8 Å². The van der Waals surface area contributed by atoms with Crippen LogP contribution in [0.4, 0.5) is 27.8 Å². The summed E-state index contributed by atoms with van der Waals surface area (Å²) in [6.07, 6.45) is -5.90. The van der Waals surface area contributed by atoms with Gasteiger partial charge in [0.25, 0.3) is 0 Å². The van der Waals surface area contributed by atoms with E-state index in [0.29, 0.717) is 0 Å². The Morgan fingerprint density at radius 1 is 1.13 bits per heavy atom. The highest BCUT2D eigenvalue weighted by Crippen LogP contribution is 2.40. The number of fused-ring (bicyclic) bond motifs is 2. The third kappa shape index (κ3) is 4.48. The number of halogens is 5. The van der Waals surface area contributed by atoms with E-state index in [1.54, 1.807) is 6.07 Å². The lowest BCUT2D eigenvalue weighted by Gasteiger charge is -2.18. The molecule has 0 atom stereocenters. The van der Waals surface area contributed by atoms with Crippen LogP contribution in [0.15, 0.2) is 36.5 Å². The van der Waals surface area contributed by atoms with Crippen molar-refractivity contribution in [3.05, 3.63) is 65.0 Å². The van der Waals surface area contributed by atoms with Crippen LogP contribution >= 0.6 is 0 Å². The third-order valence-electron chi connectivity index (χ3n) is 6.28. The molecule has 1 aliphatic rings. The van der Waals surface area contributed by atoms with Crippen LogP contribution in [0.3, 0.4) is 0 Å². The molecule has 8 nitrogen and oxygen atoms in total. The zero-order valence-corrected chi connectivity index (χ0v) is 20.0. The number of rotatable bonds is 6. The Morgan fingerprint density at radius 2 is 1.87 bits per heavy atom. The zero-order chi connectivity index (χ0) is 27.4. The molecule has 13 heteroatoms. The largest absolute Gasteiger partial charge is 0.389 e. The minimum Gasteiger partial charge on any atom is -0.310 e. The minimum atomic E-state index is -4.58. The van der Waals surface area contributed by atoms with Gasteiger partial charge in [-0.25, -0.2) is 28.4 Å². The van der Waals surface area contributed by atoms with Crippen molar-refractivity contribution in [2.75, 3.05) is 5.32 Å². The number of nitrogens with one attached hydrogen (secondary N) is 1. The molecule has 1 aromatic carbocycles. The fourth-order valence-corrected chi connectivity index (χ4v) is 4.30. The number of carbonyl (C=O) groups excluding carboxylic acids is 2. The third-order valence-corrected chi connectivity index (χ3v) is 6.28. The fraction of sp³-hybridized carbons (Fsp3) is 0.280. The number of benzene rings is 1. The fourth-order valence-electron chi connectivity index (χ4n) is 4.30. The van der Waals surface area contributed by atoms with Gasteiger partial charge in [0.05, 0.1) is 30.0 Å². The molecule has 0 radical (unpaired) electrons. The highest BCUT2D eigenvalue weighted by molar-refractivity contribution is 6.09. The summed E-state index contributed by atoms with van der Waals surface area (Å²) >= 11 is 0. The quantitative estimate of drug-likeness (QED) is 0.279. The number of hydrogen-bond acceptors (Lipinski definition) is 6. The Bertz CT molecular complexity index is 1610. The van der Waals surface area contributed by atoms with Crippen LogP contribution in [0, 0.1) is 11.6 Å². The van der Waals surface area contributed by atoms with Gasteiger partial charge in [0.2, 0.25) is 5.91 Å². The Balaban J connectivity index is 1.68. The van der Waals surface area contributed by atoms with Gasteiger partial charge in [-0.3, -0.25) is 9.59 Å².